The van der Waals surface area contributed by atoms with E-state index in [0.717, 1.165) is 0 Å². The van der Waals surface area contributed by atoms with Gasteiger partial charge in [-0.3, -0.25) is 4.79 Å². The third-order valence-electron chi connectivity index (χ3n) is 5.25. The van der Waals surface area contributed by atoms with Crippen LogP contribution in [0.4, 0.5) is 8.78 Å². The molecular weight excluding hydrogens is 410 g/mol. The predicted molar refractivity (Wildman–Crippen MR) is 120 cm³/mol. The molecule has 0 aliphatic carbocycles. The van der Waals surface area contributed by atoms with Crippen LogP contribution in [0.3, 0.4) is 0 Å². The van der Waals surface area contributed by atoms with Crippen molar-refractivity contribution in [1.82, 2.24) is 0 Å². The summed E-state index contributed by atoms with van der Waals surface area (Å²) >= 11 is 0. The van der Waals surface area contributed by atoms with Gasteiger partial charge in [0.15, 0.2) is 5.78 Å². The maximum atomic E-state index is 13.7. The van der Waals surface area contributed by atoms with E-state index in [2.05, 4.69) is 0 Å². The number of ketones is 1. The van der Waals surface area contributed by atoms with Crippen LogP contribution in [0.2, 0.25) is 0 Å². The molecule has 0 spiro atoms. The number of ether oxygens (including phenoxy) is 2. The van der Waals surface area contributed by atoms with Crippen molar-refractivity contribution in [3.8, 4) is 33.8 Å². The molecule has 0 amide bonds. The van der Waals surface area contributed by atoms with Crippen LogP contribution in [-0.4, -0.2) is 20.0 Å². The van der Waals surface area contributed by atoms with Crippen LogP contribution in [-0.2, 0) is 0 Å². The minimum absolute atomic E-state index is 0.228. The fourth-order valence-electron chi connectivity index (χ4n) is 3.58. The average Bonchev–Trinajstić information content (AvgIpc) is 2.84. The molecule has 0 radical (unpaired) electrons. The summed E-state index contributed by atoms with van der Waals surface area (Å²) in [6, 6.07) is 22.2. The number of benzene rings is 4. The Kier molecular flexibility index (Phi) is 5.99. The second-order valence-corrected chi connectivity index (χ2v) is 7.17. The molecule has 0 aliphatic rings. The molecule has 0 aliphatic heterocycles. The third kappa shape index (κ3) is 4.23. The van der Waals surface area contributed by atoms with Crippen molar-refractivity contribution in [3.05, 3.63) is 108 Å². The second-order valence-electron chi connectivity index (χ2n) is 7.17. The van der Waals surface area contributed by atoms with Crippen LogP contribution < -0.4 is 9.47 Å². The van der Waals surface area contributed by atoms with Crippen LogP contribution in [0.25, 0.3) is 22.3 Å². The minimum atomic E-state index is -0.363. The highest BCUT2D eigenvalue weighted by Crippen LogP contribution is 2.34. The van der Waals surface area contributed by atoms with Gasteiger partial charge in [0.05, 0.1) is 14.2 Å². The quantitative estimate of drug-likeness (QED) is 0.326. The van der Waals surface area contributed by atoms with Crippen LogP contribution in [0.1, 0.15) is 15.9 Å². The Morgan fingerprint density at radius 1 is 0.594 bits per heavy atom. The first kappa shape index (κ1) is 21.2. The minimum Gasteiger partial charge on any atom is -0.497 e. The Labute approximate surface area is 184 Å². The van der Waals surface area contributed by atoms with Crippen LogP contribution >= 0.6 is 0 Å². The van der Waals surface area contributed by atoms with E-state index in [-0.39, 0.29) is 17.4 Å². The lowest BCUT2D eigenvalue weighted by Gasteiger charge is -2.15. The van der Waals surface area contributed by atoms with Crippen molar-refractivity contribution in [3.63, 3.8) is 0 Å². The van der Waals surface area contributed by atoms with Crippen LogP contribution in [0, 0.1) is 11.6 Å². The molecule has 0 saturated carbocycles. The van der Waals surface area contributed by atoms with E-state index in [4.69, 9.17) is 9.47 Å². The molecule has 0 saturated heterocycles. The molecule has 4 aromatic rings. The summed E-state index contributed by atoms with van der Waals surface area (Å²) < 4.78 is 37.6. The van der Waals surface area contributed by atoms with Crippen molar-refractivity contribution in [2.75, 3.05) is 14.2 Å². The summed E-state index contributed by atoms with van der Waals surface area (Å²) in [4.78, 5) is 13.7. The molecule has 0 unspecified atom stereocenters. The van der Waals surface area contributed by atoms with Gasteiger partial charge in [0.2, 0.25) is 0 Å². The Morgan fingerprint density at radius 3 is 1.31 bits per heavy atom. The number of carbonyl (C=O) groups excluding carboxylic acids is 1. The van der Waals surface area contributed by atoms with Crippen molar-refractivity contribution in [1.29, 1.82) is 0 Å². The molecular formula is C27H20F2O3. The fourth-order valence-corrected chi connectivity index (χ4v) is 3.58. The number of hydrogen-bond donors (Lipinski definition) is 0. The van der Waals surface area contributed by atoms with E-state index in [9.17, 15) is 13.6 Å². The highest BCUT2D eigenvalue weighted by molar-refractivity contribution is 6.16. The Bertz CT molecular complexity index is 1160. The number of hydrogen-bond acceptors (Lipinski definition) is 3. The largest absolute Gasteiger partial charge is 0.497 e. The number of methoxy groups -OCH3 is 2. The Balaban J connectivity index is 1.88. The van der Waals surface area contributed by atoms with Crippen molar-refractivity contribution < 1.29 is 23.0 Å². The SMILES string of the molecule is COc1ccc(C(=O)c2ccc(OC)cc2-c2ccc(F)cc2)c(-c2ccc(F)cc2)c1. The third-order valence-corrected chi connectivity index (χ3v) is 5.25. The standard InChI is InChI=1S/C27H20F2O3/c1-31-21-11-13-23(25(15-21)17-3-7-19(28)8-4-17)27(30)24-14-12-22(32-2)16-26(24)18-5-9-20(29)10-6-18/h3-16H,1-2H3. The molecule has 0 fully saturated rings. The topological polar surface area (TPSA) is 35.5 Å². The van der Waals surface area contributed by atoms with Crippen molar-refractivity contribution >= 4 is 5.78 Å². The lowest BCUT2D eigenvalue weighted by atomic mass is 9.89. The van der Waals surface area contributed by atoms with Crippen molar-refractivity contribution in [2.24, 2.45) is 0 Å². The summed E-state index contributed by atoms with van der Waals surface area (Å²) in [5, 5.41) is 0. The first-order valence-electron chi connectivity index (χ1n) is 9.93. The van der Waals surface area contributed by atoms with Crippen molar-refractivity contribution in [2.45, 2.75) is 0 Å². The normalized spacial score (nSPS) is 10.6. The molecule has 5 heteroatoms. The monoisotopic (exact) mass is 430 g/mol. The average molecular weight is 430 g/mol. The molecule has 3 nitrogen and oxygen atoms in total. The fraction of sp³-hybridized carbons (Fsp3) is 0.0741. The lowest BCUT2D eigenvalue weighted by Crippen LogP contribution is -2.06. The molecule has 160 valence electrons. The highest BCUT2D eigenvalue weighted by atomic mass is 19.1. The number of rotatable bonds is 6. The zero-order valence-corrected chi connectivity index (χ0v) is 17.6. The van der Waals surface area contributed by atoms with E-state index in [0.29, 0.717) is 44.9 Å². The van der Waals surface area contributed by atoms with Gasteiger partial charge in [-0.2, -0.15) is 0 Å². The maximum Gasteiger partial charge on any atom is 0.194 e. The van der Waals surface area contributed by atoms with Gasteiger partial charge >= 0.3 is 0 Å². The van der Waals surface area contributed by atoms with Gasteiger partial charge in [0.25, 0.3) is 0 Å². The summed E-state index contributed by atoms with van der Waals surface area (Å²) in [5.41, 5.74) is 3.48. The molecule has 0 aromatic heterocycles. The van der Waals surface area contributed by atoms with E-state index in [1.165, 1.54) is 24.3 Å². The van der Waals surface area contributed by atoms with Gasteiger partial charge in [-0.25, -0.2) is 8.78 Å². The van der Waals surface area contributed by atoms with Gasteiger partial charge < -0.3 is 9.47 Å². The maximum absolute atomic E-state index is 13.7. The molecule has 4 aromatic carbocycles. The number of halogens is 2. The summed E-state index contributed by atoms with van der Waals surface area (Å²) in [6.07, 6.45) is 0. The first-order valence-corrected chi connectivity index (χ1v) is 9.93. The van der Waals surface area contributed by atoms with Crippen LogP contribution in [0.15, 0.2) is 84.9 Å². The molecule has 0 atom stereocenters. The molecule has 32 heavy (non-hydrogen) atoms. The second kappa shape index (κ2) is 9.02. The van der Waals surface area contributed by atoms with Gasteiger partial charge in [-0.05, 0) is 82.9 Å². The van der Waals surface area contributed by atoms with Gasteiger partial charge in [-0.15, -0.1) is 0 Å². The van der Waals surface area contributed by atoms with E-state index in [1.807, 2.05) is 0 Å². The summed E-state index contributed by atoms with van der Waals surface area (Å²) in [6.45, 7) is 0. The zero-order valence-electron chi connectivity index (χ0n) is 17.6. The highest BCUT2D eigenvalue weighted by Gasteiger charge is 2.20. The molecule has 0 N–H and O–H groups in total. The number of carbonyl (C=O) groups is 1. The summed E-state index contributed by atoms with van der Waals surface area (Å²) in [5.74, 6) is 0.203. The Morgan fingerprint density at radius 2 is 0.969 bits per heavy atom. The van der Waals surface area contributed by atoms with Gasteiger partial charge in [0, 0.05) is 11.1 Å². The van der Waals surface area contributed by atoms with E-state index in [1.54, 1.807) is 74.9 Å². The van der Waals surface area contributed by atoms with E-state index < -0.39 is 0 Å². The Hall–Kier alpha value is -3.99. The van der Waals surface area contributed by atoms with Crippen LogP contribution in [0.5, 0.6) is 11.5 Å². The molecule has 0 heterocycles. The lowest BCUT2D eigenvalue weighted by molar-refractivity contribution is 0.104. The van der Waals surface area contributed by atoms with Gasteiger partial charge in [-0.1, -0.05) is 24.3 Å². The summed E-state index contributed by atoms with van der Waals surface area (Å²) in [7, 11) is 3.09. The predicted octanol–water partition coefficient (Wildman–Crippen LogP) is 6.55. The zero-order chi connectivity index (χ0) is 22.7. The smallest absolute Gasteiger partial charge is 0.194 e. The van der Waals surface area contributed by atoms with E-state index >= 15 is 0 Å². The van der Waals surface area contributed by atoms with Gasteiger partial charge in [0.1, 0.15) is 23.1 Å². The molecule has 4 rings (SSSR count). The molecule has 0 bridgehead atoms. The first-order chi connectivity index (χ1) is 15.5.